The number of benzene rings is 1. The molecule has 1 saturated heterocycles. The first-order chi connectivity index (χ1) is 11.7. The molecule has 0 saturated carbocycles. The molecule has 2 aromatic heterocycles. The van der Waals surface area contributed by atoms with Crippen molar-refractivity contribution in [1.29, 1.82) is 0 Å². The van der Waals surface area contributed by atoms with Crippen LogP contribution in [0, 0.1) is 6.92 Å². The lowest BCUT2D eigenvalue weighted by molar-refractivity contribution is 0.198. The summed E-state index contributed by atoms with van der Waals surface area (Å²) in [5.74, 6) is 0. The summed E-state index contributed by atoms with van der Waals surface area (Å²) >= 11 is 1.75. The standard InChI is InChI=1S/C19H22N4S/c1-14-4-3-5-16-17(6-7-20-18(14)16)23-11-9-22(10-12-23)15(2)19-21-8-13-24-19/h3-8,13,15H,9-12H2,1-2H3. The molecular weight excluding hydrogens is 316 g/mol. The first kappa shape index (κ1) is 15.5. The number of aromatic nitrogens is 2. The lowest BCUT2D eigenvalue weighted by Crippen LogP contribution is -2.47. The molecule has 3 aromatic rings. The Kier molecular flexibility index (Phi) is 4.21. The molecule has 4 rings (SSSR count). The fourth-order valence-electron chi connectivity index (χ4n) is 3.53. The molecule has 1 aromatic carbocycles. The van der Waals surface area contributed by atoms with Gasteiger partial charge in [-0.15, -0.1) is 11.3 Å². The van der Waals surface area contributed by atoms with Gasteiger partial charge in [-0.1, -0.05) is 18.2 Å². The van der Waals surface area contributed by atoms with Gasteiger partial charge in [0.05, 0.1) is 11.6 Å². The number of nitrogens with zero attached hydrogens (tertiary/aromatic N) is 4. The smallest absolute Gasteiger partial charge is 0.109 e. The number of hydrogen-bond acceptors (Lipinski definition) is 5. The molecule has 4 nitrogen and oxygen atoms in total. The summed E-state index contributed by atoms with van der Waals surface area (Å²) in [6, 6.07) is 9.01. The average Bonchev–Trinajstić information content (AvgIpc) is 3.16. The summed E-state index contributed by atoms with van der Waals surface area (Å²) in [7, 11) is 0. The molecule has 0 amide bonds. The fraction of sp³-hybridized carbons (Fsp3) is 0.368. The summed E-state index contributed by atoms with van der Waals surface area (Å²) in [6.07, 6.45) is 3.84. The Morgan fingerprint density at radius 2 is 1.88 bits per heavy atom. The van der Waals surface area contributed by atoms with E-state index in [-0.39, 0.29) is 0 Å². The summed E-state index contributed by atoms with van der Waals surface area (Å²) in [5, 5.41) is 4.54. The average molecular weight is 338 g/mol. The second-order valence-electron chi connectivity index (χ2n) is 6.37. The van der Waals surface area contributed by atoms with Crippen molar-refractivity contribution in [3.8, 4) is 0 Å². The first-order valence-electron chi connectivity index (χ1n) is 8.47. The van der Waals surface area contributed by atoms with Gasteiger partial charge < -0.3 is 4.90 Å². The number of rotatable bonds is 3. The van der Waals surface area contributed by atoms with Gasteiger partial charge in [0.1, 0.15) is 5.01 Å². The van der Waals surface area contributed by atoms with Crippen molar-refractivity contribution in [3.63, 3.8) is 0 Å². The zero-order chi connectivity index (χ0) is 16.5. The van der Waals surface area contributed by atoms with E-state index in [1.165, 1.54) is 21.6 Å². The van der Waals surface area contributed by atoms with Gasteiger partial charge in [-0.2, -0.15) is 0 Å². The summed E-state index contributed by atoms with van der Waals surface area (Å²) in [6.45, 7) is 8.62. The van der Waals surface area contributed by atoms with Crippen molar-refractivity contribution in [2.75, 3.05) is 31.1 Å². The molecule has 1 aliphatic rings. The van der Waals surface area contributed by atoms with Crippen LogP contribution in [-0.2, 0) is 0 Å². The normalized spacial score (nSPS) is 17.3. The highest BCUT2D eigenvalue weighted by atomic mass is 32.1. The summed E-state index contributed by atoms with van der Waals surface area (Å²) in [4.78, 5) is 14.1. The van der Waals surface area contributed by atoms with Gasteiger partial charge in [0, 0.05) is 55.0 Å². The van der Waals surface area contributed by atoms with Crippen LogP contribution in [0.4, 0.5) is 5.69 Å². The van der Waals surface area contributed by atoms with Crippen molar-refractivity contribution >= 4 is 27.9 Å². The highest BCUT2D eigenvalue weighted by molar-refractivity contribution is 7.09. The van der Waals surface area contributed by atoms with E-state index in [0.29, 0.717) is 6.04 Å². The number of para-hydroxylation sites is 1. The van der Waals surface area contributed by atoms with Crippen LogP contribution in [0.3, 0.4) is 0 Å². The van der Waals surface area contributed by atoms with Crippen LogP contribution in [-0.4, -0.2) is 41.0 Å². The molecule has 5 heteroatoms. The van der Waals surface area contributed by atoms with Gasteiger partial charge >= 0.3 is 0 Å². The molecule has 1 aliphatic heterocycles. The van der Waals surface area contributed by atoms with Gasteiger partial charge in [-0.05, 0) is 25.5 Å². The third kappa shape index (κ3) is 2.78. The van der Waals surface area contributed by atoms with Gasteiger partial charge in [0.25, 0.3) is 0 Å². The van der Waals surface area contributed by atoms with Crippen molar-refractivity contribution < 1.29 is 0 Å². The Bertz CT molecular complexity index is 823. The van der Waals surface area contributed by atoms with E-state index in [1.807, 2.05) is 12.4 Å². The first-order valence-corrected chi connectivity index (χ1v) is 9.35. The van der Waals surface area contributed by atoms with Crippen LogP contribution in [0.5, 0.6) is 0 Å². The summed E-state index contributed by atoms with van der Waals surface area (Å²) in [5.41, 5.74) is 3.67. The molecule has 1 unspecified atom stereocenters. The number of fused-ring (bicyclic) bond motifs is 1. The van der Waals surface area contributed by atoms with E-state index in [2.05, 4.69) is 63.3 Å². The lowest BCUT2D eigenvalue weighted by atomic mass is 10.1. The maximum atomic E-state index is 4.57. The van der Waals surface area contributed by atoms with Gasteiger partial charge in [0.15, 0.2) is 0 Å². The van der Waals surface area contributed by atoms with Crippen molar-refractivity contribution in [2.24, 2.45) is 0 Å². The summed E-state index contributed by atoms with van der Waals surface area (Å²) < 4.78 is 0. The molecule has 124 valence electrons. The van der Waals surface area contributed by atoms with E-state index in [1.54, 1.807) is 11.3 Å². The Morgan fingerprint density at radius 3 is 2.62 bits per heavy atom. The predicted octanol–water partition coefficient (Wildman–Crippen LogP) is 3.88. The number of anilines is 1. The van der Waals surface area contributed by atoms with Crippen LogP contribution in [0.15, 0.2) is 42.0 Å². The molecule has 0 radical (unpaired) electrons. The number of hydrogen-bond donors (Lipinski definition) is 0. The lowest BCUT2D eigenvalue weighted by Gasteiger charge is -2.38. The Balaban J connectivity index is 1.53. The minimum Gasteiger partial charge on any atom is -0.368 e. The van der Waals surface area contributed by atoms with Crippen molar-refractivity contribution in [1.82, 2.24) is 14.9 Å². The number of pyridine rings is 1. The van der Waals surface area contributed by atoms with Crippen LogP contribution in [0.2, 0.25) is 0 Å². The highest BCUT2D eigenvalue weighted by Crippen LogP contribution is 2.29. The van der Waals surface area contributed by atoms with E-state index in [4.69, 9.17) is 0 Å². The number of thiazole rings is 1. The molecule has 1 fully saturated rings. The number of piperazine rings is 1. The Hall–Kier alpha value is -1.98. The molecule has 0 spiro atoms. The fourth-order valence-corrected chi connectivity index (χ4v) is 4.26. The van der Waals surface area contributed by atoms with E-state index >= 15 is 0 Å². The largest absolute Gasteiger partial charge is 0.368 e. The van der Waals surface area contributed by atoms with E-state index < -0.39 is 0 Å². The van der Waals surface area contributed by atoms with Crippen LogP contribution in [0.1, 0.15) is 23.5 Å². The van der Waals surface area contributed by atoms with Crippen LogP contribution >= 0.6 is 11.3 Å². The molecule has 24 heavy (non-hydrogen) atoms. The monoisotopic (exact) mass is 338 g/mol. The van der Waals surface area contributed by atoms with Gasteiger partial charge in [-0.3, -0.25) is 9.88 Å². The van der Waals surface area contributed by atoms with Gasteiger partial charge in [-0.25, -0.2) is 4.98 Å². The maximum absolute atomic E-state index is 4.57. The van der Waals surface area contributed by atoms with Crippen LogP contribution in [0.25, 0.3) is 10.9 Å². The minimum atomic E-state index is 0.406. The minimum absolute atomic E-state index is 0.406. The quantitative estimate of drug-likeness (QED) is 0.725. The van der Waals surface area contributed by atoms with Crippen molar-refractivity contribution in [2.45, 2.75) is 19.9 Å². The molecule has 3 heterocycles. The van der Waals surface area contributed by atoms with Crippen molar-refractivity contribution in [3.05, 3.63) is 52.6 Å². The predicted molar refractivity (Wildman–Crippen MR) is 101 cm³/mol. The third-order valence-electron chi connectivity index (χ3n) is 4.96. The SMILES string of the molecule is Cc1cccc2c(N3CCN(C(C)c4nccs4)CC3)ccnc12. The molecular formula is C19H22N4S. The number of aryl methyl sites for hydroxylation is 1. The second-order valence-corrected chi connectivity index (χ2v) is 7.30. The maximum Gasteiger partial charge on any atom is 0.109 e. The van der Waals surface area contributed by atoms with Gasteiger partial charge in [0.2, 0.25) is 0 Å². The van der Waals surface area contributed by atoms with E-state index in [0.717, 1.165) is 31.7 Å². The molecule has 0 N–H and O–H groups in total. The molecule has 0 bridgehead atoms. The zero-order valence-electron chi connectivity index (χ0n) is 14.1. The Labute approximate surface area is 146 Å². The molecule has 0 aliphatic carbocycles. The van der Waals surface area contributed by atoms with E-state index in [9.17, 15) is 0 Å². The second kappa shape index (κ2) is 6.49. The molecule has 1 atom stereocenters. The zero-order valence-corrected chi connectivity index (χ0v) is 15.0. The Morgan fingerprint density at radius 1 is 1.04 bits per heavy atom. The highest BCUT2D eigenvalue weighted by Gasteiger charge is 2.24. The third-order valence-corrected chi connectivity index (χ3v) is 5.91. The topological polar surface area (TPSA) is 32.3 Å². The van der Waals surface area contributed by atoms with Crippen LogP contribution < -0.4 is 4.90 Å².